The van der Waals surface area contributed by atoms with Gasteiger partial charge in [-0.1, -0.05) is 6.07 Å². The third-order valence-electron chi connectivity index (χ3n) is 6.58. The summed E-state index contributed by atoms with van der Waals surface area (Å²) in [5.74, 6) is 1.66. The van der Waals surface area contributed by atoms with Crippen molar-refractivity contribution in [2.45, 2.75) is 31.0 Å². The number of ether oxygens (including phenoxy) is 2. The van der Waals surface area contributed by atoms with E-state index in [1.54, 1.807) is 16.9 Å². The number of hydrogen-bond acceptors (Lipinski definition) is 8. The van der Waals surface area contributed by atoms with Gasteiger partial charge in [0, 0.05) is 48.6 Å². The van der Waals surface area contributed by atoms with Gasteiger partial charge in [-0.15, -0.1) is 10.2 Å². The van der Waals surface area contributed by atoms with Crippen molar-refractivity contribution in [1.29, 1.82) is 0 Å². The molecule has 2 N–H and O–H groups in total. The van der Waals surface area contributed by atoms with Crippen molar-refractivity contribution in [3.05, 3.63) is 36.7 Å². The van der Waals surface area contributed by atoms with Crippen molar-refractivity contribution in [2.75, 3.05) is 31.3 Å². The Balaban J connectivity index is 1.28. The summed E-state index contributed by atoms with van der Waals surface area (Å²) in [5.41, 5.74) is 3.06. The van der Waals surface area contributed by atoms with Gasteiger partial charge in [0.25, 0.3) is 0 Å². The molecule has 5 heterocycles. The molecule has 9 heteroatoms. The Hall–Kier alpha value is -3.17. The minimum absolute atomic E-state index is 0.152. The minimum atomic E-state index is 0.152. The van der Waals surface area contributed by atoms with Crippen LogP contribution in [0.15, 0.2) is 36.7 Å². The second-order valence-electron chi connectivity index (χ2n) is 8.82. The molecule has 2 aromatic heterocycles. The van der Waals surface area contributed by atoms with Crippen LogP contribution < -0.4 is 15.0 Å². The number of nitrogens with zero attached hydrogens (tertiary/aromatic N) is 5. The molecule has 2 fully saturated rings. The predicted octanol–water partition coefficient (Wildman–Crippen LogP) is 1.97. The lowest BCUT2D eigenvalue weighted by molar-refractivity contribution is 0.0173. The molecule has 3 aliphatic heterocycles. The fourth-order valence-corrected chi connectivity index (χ4v) is 5.08. The fourth-order valence-electron chi connectivity index (χ4n) is 5.08. The predicted molar refractivity (Wildman–Crippen MR) is 119 cm³/mol. The number of aromatic nitrogens is 4. The first-order chi connectivity index (χ1) is 15.6. The quantitative estimate of drug-likeness (QED) is 0.646. The third-order valence-corrected chi connectivity index (χ3v) is 6.58. The van der Waals surface area contributed by atoms with Crippen LogP contribution in [0.25, 0.3) is 22.4 Å². The summed E-state index contributed by atoms with van der Waals surface area (Å²) in [6.07, 6.45) is 5.74. The Labute approximate surface area is 186 Å². The fraction of sp³-hybridized carbons (Fsp3) is 0.435. The molecule has 0 amide bonds. The second-order valence-corrected chi connectivity index (χ2v) is 8.82. The highest BCUT2D eigenvalue weighted by Crippen LogP contribution is 2.38. The van der Waals surface area contributed by atoms with Crippen LogP contribution in [0.1, 0.15) is 12.8 Å². The molecular formula is C23H26N6O3. The molecule has 0 spiro atoms. The van der Waals surface area contributed by atoms with E-state index in [4.69, 9.17) is 9.47 Å². The molecule has 9 nitrogen and oxygen atoms in total. The number of hydrogen-bond donors (Lipinski definition) is 2. The number of aromatic hydroxyl groups is 1. The van der Waals surface area contributed by atoms with Gasteiger partial charge >= 0.3 is 0 Å². The SMILES string of the molecule is Cn1cc(-c2ccc(-c3cc4c(nn3)N([C@@H]3CC5COC[C@@H](C3)N5)CCO4)c(O)c2)cn1. The zero-order chi connectivity index (χ0) is 21.7. The number of anilines is 1. The van der Waals surface area contributed by atoms with Crippen molar-refractivity contribution in [3.63, 3.8) is 0 Å². The largest absolute Gasteiger partial charge is 0.507 e. The maximum atomic E-state index is 10.7. The number of morpholine rings is 1. The summed E-state index contributed by atoms with van der Waals surface area (Å²) >= 11 is 0. The summed E-state index contributed by atoms with van der Waals surface area (Å²) in [7, 11) is 1.87. The molecule has 32 heavy (non-hydrogen) atoms. The van der Waals surface area contributed by atoms with Gasteiger partial charge in [-0.25, -0.2) is 0 Å². The van der Waals surface area contributed by atoms with Crippen LogP contribution in [0.5, 0.6) is 11.5 Å². The number of phenols is 1. The van der Waals surface area contributed by atoms with E-state index >= 15 is 0 Å². The molecular weight excluding hydrogens is 408 g/mol. The van der Waals surface area contributed by atoms with Gasteiger partial charge in [-0.2, -0.15) is 5.10 Å². The van der Waals surface area contributed by atoms with Gasteiger partial charge < -0.3 is 24.8 Å². The van der Waals surface area contributed by atoms with Crippen LogP contribution in [0.3, 0.4) is 0 Å². The Morgan fingerprint density at radius 1 is 1.09 bits per heavy atom. The van der Waals surface area contributed by atoms with Crippen LogP contribution in [0, 0.1) is 0 Å². The smallest absolute Gasteiger partial charge is 0.194 e. The molecule has 0 radical (unpaired) electrons. The molecule has 3 aliphatic rings. The number of rotatable bonds is 3. The van der Waals surface area contributed by atoms with Gasteiger partial charge in [0.15, 0.2) is 11.6 Å². The summed E-state index contributed by atoms with van der Waals surface area (Å²) < 4.78 is 13.4. The highest BCUT2D eigenvalue weighted by molar-refractivity contribution is 5.75. The second kappa shape index (κ2) is 7.75. The maximum absolute atomic E-state index is 10.7. The van der Waals surface area contributed by atoms with E-state index in [2.05, 4.69) is 25.5 Å². The van der Waals surface area contributed by atoms with Gasteiger partial charge in [-0.05, 0) is 30.5 Å². The van der Waals surface area contributed by atoms with E-state index in [1.807, 2.05) is 31.4 Å². The van der Waals surface area contributed by atoms with Gasteiger partial charge in [0.1, 0.15) is 18.1 Å². The van der Waals surface area contributed by atoms with Gasteiger partial charge in [0.05, 0.1) is 26.0 Å². The Kier molecular flexibility index (Phi) is 4.73. The van der Waals surface area contributed by atoms with E-state index in [9.17, 15) is 5.11 Å². The Morgan fingerprint density at radius 3 is 2.69 bits per heavy atom. The van der Waals surface area contributed by atoms with Crippen LogP contribution in [-0.2, 0) is 11.8 Å². The molecule has 3 aromatic rings. The van der Waals surface area contributed by atoms with E-state index in [0.717, 1.165) is 55.3 Å². The highest BCUT2D eigenvalue weighted by atomic mass is 16.5. The molecule has 0 aliphatic carbocycles. The average Bonchev–Trinajstić information content (AvgIpc) is 3.24. The van der Waals surface area contributed by atoms with Crippen molar-refractivity contribution in [1.82, 2.24) is 25.3 Å². The van der Waals surface area contributed by atoms with E-state index in [-0.39, 0.29) is 5.75 Å². The molecule has 3 atom stereocenters. The van der Waals surface area contributed by atoms with Gasteiger partial charge in [0.2, 0.25) is 0 Å². The van der Waals surface area contributed by atoms with Crippen molar-refractivity contribution in [3.8, 4) is 33.9 Å². The first-order valence-corrected chi connectivity index (χ1v) is 11.1. The minimum Gasteiger partial charge on any atom is -0.507 e. The molecule has 0 saturated carbocycles. The topological polar surface area (TPSA) is 97.6 Å². The monoisotopic (exact) mass is 434 g/mol. The number of phenolic OH excluding ortho intramolecular Hbond substituents is 1. The first-order valence-electron chi connectivity index (χ1n) is 11.1. The first kappa shape index (κ1) is 19.5. The van der Waals surface area contributed by atoms with Crippen molar-refractivity contribution >= 4 is 5.82 Å². The molecule has 166 valence electrons. The zero-order valence-electron chi connectivity index (χ0n) is 17.9. The molecule has 1 unspecified atom stereocenters. The lowest BCUT2D eigenvalue weighted by atomic mass is 9.91. The maximum Gasteiger partial charge on any atom is 0.194 e. The van der Waals surface area contributed by atoms with Crippen LogP contribution in [-0.4, -0.2) is 69.6 Å². The summed E-state index contributed by atoms with van der Waals surface area (Å²) in [4.78, 5) is 2.34. The summed E-state index contributed by atoms with van der Waals surface area (Å²) in [6.45, 7) is 2.95. The zero-order valence-corrected chi connectivity index (χ0v) is 17.9. The molecule has 1 aromatic carbocycles. The normalized spacial score (nSPS) is 24.7. The third kappa shape index (κ3) is 3.47. The number of fused-ring (bicyclic) bond motifs is 3. The highest BCUT2D eigenvalue weighted by Gasteiger charge is 2.37. The Bertz CT molecular complexity index is 1140. The van der Waals surface area contributed by atoms with Crippen LogP contribution in [0.4, 0.5) is 5.82 Å². The average molecular weight is 435 g/mol. The summed E-state index contributed by atoms with van der Waals surface area (Å²) in [6, 6.07) is 8.61. The van der Waals surface area contributed by atoms with E-state index in [1.165, 1.54) is 0 Å². The Morgan fingerprint density at radius 2 is 1.94 bits per heavy atom. The lowest BCUT2D eigenvalue weighted by Crippen LogP contribution is -2.59. The number of aryl methyl sites for hydroxylation is 1. The lowest BCUT2D eigenvalue weighted by Gasteiger charge is -2.45. The van der Waals surface area contributed by atoms with Crippen molar-refractivity contribution in [2.24, 2.45) is 7.05 Å². The van der Waals surface area contributed by atoms with Gasteiger partial charge in [-0.3, -0.25) is 4.68 Å². The summed E-state index contributed by atoms with van der Waals surface area (Å²) in [5, 5.41) is 27.5. The van der Waals surface area contributed by atoms with E-state index in [0.29, 0.717) is 36.0 Å². The van der Waals surface area contributed by atoms with Crippen LogP contribution >= 0.6 is 0 Å². The van der Waals surface area contributed by atoms with Crippen LogP contribution in [0.2, 0.25) is 0 Å². The molecule has 2 saturated heterocycles. The van der Waals surface area contributed by atoms with Crippen molar-refractivity contribution < 1.29 is 14.6 Å². The standard InChI is InChI=1S/C23H26N6O3/c1-28-11-15(10-24-28)14-2-3-19(21(30)6-14)20-9-22-23(27-26-20)29(4-5-32-22)18-7-16-12-31-13-17(8-18)25-16/h2-3,6,9-11,16-18,25,30H,4-5,7-8,12-13H2,1H3/t16-,17?,18+/m1/s1. The number of benzene rings is 1. The number of nitrogens with one attached hydrogen (secondary N) is 1. The molecule has 2 bridgehead atoms. The molecule has 6 rings (SSSR count). The number of piperidine rings is 1. The van der Waals surface area contributed by atoms with E-state index < -0.39 is 0 Å².